The van der Waals surface area contributed by atoms with E-state index < -0.39 is 5.91 Å². The van der Waals surface area contributed by atoms with Gasteiger partial charge in [0.25, 0.3) is 0 Å². The van der Waals surface area contributed by atoms with E-state index in [9.17, 15) is 9.18 Å². The van der Waals surface area contributed by atoms with Crippen molar-refractivity contribution in [3.05, 3.63) is 71.0 Å². The van der Waals surface area contributed by atoms with Crippen LogP contribution in [0.4, 0.5) is 4.39 Å². The maximum atomic E-state index is 13.5. The van der Waals surface area contributed by atoms with Crippen LogP contribution in [-0.2, 0) is 12.0 Å². The molecular formula is C21H27FN4O. The van der Waals surface area contributed by atoms with Crippen LogP contribution >= 0.6 is 0 Å². The average Bonchev–Trinajstić information content (AvgIpc) is 2.64. The smallest absolute Gasteiger partial charge is 0.248 e. The normalized spacial score (nSPS) is 11.9. The molecule has 0 fully saturated rings. The molecule has 0 aromatic heterocycles. The minimum Gasteiger partial charge on any atom is -0.366 e. The van der Waals surface area contributed by atoms with Crippen molar-refractivity contribution in [2.45, 2.75) is 32.7 Å². The van der Waals surface area contributed by atoms with Gasteiger partial charge in [0, 0.05) is 24.1 Å². The number of benzene rings is 2. The molecule has 0 aliphatic heterocycles. The van der Waals surface area contributed by atoms with Gasteiger partial charge in [0.15, 0.2) is 5.96 Å². The molecule has 6 heteroatoms. The Balaban J connectivity index is 2.03. The Labute approximate surface area is 159 Å². The molecule has 0 bridgehead atoms. The number of amides is 1. The molecular weight excluding hydrogens is 343 g/mol. The van der Waals surface area contributed by atoms with Gasteiger partial charge in [-0.3, -0.25) is 4.79 Å². The standard InChI is InChI=1S/C21H27FN4O/c1-4-24-20(25-13-15-8-10-16(11-9-15)19(23)27)26-14-21(2,3)17-6-5-7-18(22)12-17/h5-12H,4,13-14H2,1-3H3,(H2,23,27)(H2,24,25,26). The second kappa shape index (κ2) is 9.16. The van der Waals surface area contributed by atoms with Gasteiger partial charge in [0.2, 0.25) is 5.91 Å². The third-order valence-corrected chi connectivity index (χ3v) is 4.31. The highest BCUT2D eigenvalue weighted by molar-refractivity contribution is 5.92. The average molecular weight is 370 g/mol. The van der Waals surface area contributed by atoms with Crippen molar-refractivity contribution in [3.8, 4) is 0 Å². The summed E-state index contributed by atoms with van der Waals surface area (Å²) >= 11 is 0. The first-order chi connectivity index (χ1) is 12.8. The quantitative estimate of drug-likeness (QED) is 0.518. The van der Waals surface area contributed by atoms with Crippen molar-refractivity contribution in [1.29, 1.82) is 0 Å². The highest BCUT2D eigenvalue weighted by Gasteiger charge is 2.21. The lowest BCUT2D eigenvalue weighted by Gasteiger charge is -2.27. The highest BCUT2D eigenvalue weighted by atomic mass is 19.1. The van der Waals surface area contributed by atoms with Crippen LogP contribution in [0.2, 0.25) is 0 Å². The summed E-state index contributed by atoms with van der Waals surface area (Å²) in [5, 5.41) is 6.53. The molecule has 0 atom stereocenters. The fourth-order valence-corrected chi connectivity index (χ4v) is 2.60. The van der Waals surface area contributed by atoms with E-state index >= 15 is 0 Å². The largest absolute Gasteiger partial charge is 0.366 e. The monoisotopic (exact) mass is 370 g/mol. The van der Waals surface area contributed by atoms with Crippen LogP contribution in [0.3, 0.4) is 0 Å². The van der Waals surface area contributed by atoms with Crippen LogP contribution in [0, 0.1) is 5.82 Å². The SMILES string of the molecule is CCNC(=NCc1ccc(C(N)=O)cc1)NCC(C)(C)c1cccc(F)c1. The summed E-state index contributed by atoms with van der Waals surface area (Å²) in [7, 11) is 0. The number of nitrogens with two attached hydrogens (primary N) is 1. The minimum absolute atomic E-state index is 0.236. The van der Waals surface area contributed by atoms with Crippen LogP contribution in [0.5, 0.6) is 0 Å². The van der Waals surface area contributed by atoms with Crippen molar-refractivity contribution in [3.63, 3.8) is 0 Å². The first-order valence-electron chi connectivity index (χ1n) is 8.99. The lowest BCUT2D eigenvalue weighted by Crippen LogP contribution is -2.43. The number of aliphatic imine (C=N–C) groups is 1. The number of primary amides is 1. The second-order valence-electron chi connectivity index (χ2n) is 7.00. The van der Waals surface area contributed by atoms with Crippen molar-refractivity contribution in [2.24, 2.45) is 10.7 Å². The number of guanidine groups is 1. The molecule has 0 saturated carbocycles. The summed E-state index contributed by atoms with van der Waals surface area (Å²) in [6.07, 6.45) is 0. The Morgan fingerprint density at radius 3 is 2.44 bits per heavy atom. The van der Waals surface area contributed by atoms with Gasteiger partial charge in [0.1, 0.15) is 5.82 Å². The molecule has 27 heavy (non-hydrogen) atoms. The molecule has 0 radical (unpaired) electrons. The van der Waals surface area contributed by atoms with E-state index in [0.29, 0.717) is 24.6 Å². The number of hydrogen-bond donors (Lipinski definition) is 3. The summed E-state index contributed by atoms with van der Waals surface area (Å²) in [5.41, 5.74) is 7.36. The number of hydrogen-bond acceptors (Lipinski definition) is 2. The number of rotatable bonds is 7. The lowest BCUT2D eigenvalue weighted by molar-refractivity contribution is 0.100. The molecule has 0 aliphatic rings. The van der Waals surface area contributed by atoms with Crippen molar-refractivity contribution in [1.82, 2.24) is 10.6 Å². The second-order valence-corrected chi connectivity index (χ2v) is 7.00. The van der Waals surface area contributed by atoms with Gasteiger partial charge in [-0.05, 0) is 42.3 Å². The molecule has 0 unspecified atom stereocenters. The number of nitrogens with zero attached hydrogens (tertiary/aromatic N) is 1. The number of carbonyl (C=O) groups is 1. The number of carbonyl (C=O) groups excluding carboxylic acids is 1. The summed E-state index contributed by atoms with van der Waals surface area (Å²) in [4.78, 5) is 15.7. The Kier molecular flexibility index (Phi) is 6.93. The molecule has 4 N–H and O–H groups in total. The molecule has 0 saturated heterocycles. The molecule has 0 spiro atoms. The van der Waals surface area contributed by atoms with Crippen LogP contribution in [-0.4, -0.2) is 25.0 Å². The Hall–Kier alpha value is -2.89. The molecule has 2 rings (SSSR count). The van der Waals surface area contributed by atoms with Crippen molar-refractivity contribution < 1.29 is 9.18 Å². The lowest BCUT2D eigenvalue weighted by atomic mass is 9.84. The van der Waals surface area contributed by atoms with E-state index in [1.807, 2.05) is 25.1 Å². The van der Waals surface area contributed by atoms with Gasteiger partial charge in [-0.2, -0.15) is 0 Å². The van der Waals surface area contributed by atoms with E-state index in [-0.39, 0.29) is 11.2 Å². The zero-order chi connectivity index (χ0) is 19.9. The van der Waals surface area contributed by atoms with Gasteiger partial charge >= 0.3 is 0 Å². The summed E-state index contributed by atoms with van der Waals surface area (Å²) in [5.74, 6) is 0.00106. The Morgan fingerprint density at radius 2 is 1.85 bits per heavy atom. The zero-order valence-corrected chi connectivity index (χ0v) is 16.1. The summed E-state index contributed by atoms with van der Waals surface area (Å²) < 4.78 is 13.5. The summed E-state index contributed by atoms with van der Waals surface area (Å²) in [6, 6.07) is 13.7. The molecule has 5 nitrogen and oxygen atoms in total. The highest BCUT2D eigenvalue weighted by Crippen LogP contribution is 2.22. The maximum absolute atomic E-state index is 13.5. The molecule has 2 aromatic rings. The first-order valence-corrected chi connectivity index (χ1v) is 8.99. The van der Waals surface area contributed by atoms with Gasteiger partial charge in [0.05, 0.1) is 6.54 Å². The van der Waals surface area contributed by atoms with E-state index in [0.717, 1.165) is 17.7 Å². The van der Waals surface area contributed by atoms with Crippen molar-refractivity contribution >= 4 is 11.9 Å². The van der Waals surface area contributed by atoms with E-state index in [1.54, 1.807) is 24.3 Å². The fraction of sp³-hybridized carbons (Fsp3) is 0.333. The van der Waals surface area contributed by atoms with Gasteiger partial charge in [-0.25, -0.2) is 9.38 Å². The zero-order valence-electron chi connectivity index (χ0n) is 16.1. The van der Waals surface area contributed by atoms with E-state index in [2.05, 4.69) is 29.5 Å². The Morgan fingerprint density at radius 1 is 1.15 bits per heavy atom. The summed E-state index contributed by atoms with van der Waals surface area (Å²) in [6.45, 7) is 7.91. The van der Waals surface area contributed by atoms with Crippen LogP contribution in [0.1, 0.15) is 42.3 Å². The molecule has 1 amide bonds. The maximum Gasteiger partial charge on any atom is 0.248 e. The number of nitrogens with one attached hydrogen (secondary N) is 2. The molecule has 144 valence electrons. The fourth-order valence-electron chi connectivity index (χ4n) is 2.60. The van der Waals surface area contributed by atoms with Gasteiger partial charge in [-0.15, -0.1) is 0 Å². The minimum atomic E-state index is -0.445. The van der Waals surface area contributed by atoms with Crippen LogP contribution < -0.4 is 16.4 Å². The molecule has 0 aliphatic carbocycles. The molecule has 2 aromatic carbocycles. The van der Waals surface area contributed by atoms with Crippen molar-refractivity contribution in [2.75, 3.05) is 13.1 Å². The predicted octanol–water partition coefficient (Wildman–Crippen LogP) is 2.96. The van der Waals surface area contributed by atoms with E-state index in [1.165, 1.54) is 6.07 Å². The Bertz CT molecular complexity index is 800. The third-order valence-electron chi connectivity index (χ3n) is 4.31. The van der Waals surface area contributed by atoms with Gasteiger partial charge < -0.3 is 16.4 Å². The first kappa shape index (κ1) is 20.4. The van der Waals surface area contributed by atoms with Gasteiger partial charge in [-0.1, -0.05) is 38.1 Å². The third kappa shape index (κ3) is 6.09. The van der Waals surface area contributed by atoms with E-state index in [4.69, 9.17) is 5.73 Å². The predicted molar refractivity (Wildman–Crippen MR) is 107 cm³/mol. The molecule has 0 heterocycles. The van der Waals surface area contributed by atoms with Crippen LogP contribution in [0.15, 0.2) is 53.5 Å². The van der Waals surface area contributed by atoms with Crippen LogP contribution in [0.25, 0.3) is 0 Å². The topological polar surface area (TPSA) is 79.5 Å². The number of halogens is 1.